The van der Waals surface area contributed by atoms with E-state index in [4.69, 9.17) is 21.1 Å². The van der Waals surface area contributed by atoms with Gasteiger partial charge in [-0.2, -0.15) is 9.97 Å². The monoisotopic (exact) mass is 419 g/mol. The topological polar surface area (TPSA) is 115 Å². The van der Waals surface area contributed by atoms with Crippen molar-refractivity contribution in [3.63, 3.8) is 0 Å². The van der Waals surface area contributed by atoms with Gasteiger partial charge in [0.25, 0.3) is 0 Å². The van der Waals surface area contributed by atoms with E-state index in [1.165, 1.54) is 6.33 Å². The van der Waals surface area contributed by atoms with Crippen LogP contribution in [0.3, 0.4) is 0 Å². The van der Waals surface area contributed by atoms with Gasteiger partial charge in [0, 0.05) is 5.69 Å². The number of hydrogen-bond donors (Lipinski definition) is 3. The average Bonchev–Trinajstić information content (AvgIpc) is 3.23. The molecule has 4 rings (SSSR count). The van der Waals surface area contributed by atoms with E-state index in [9.17, 15) is 10.2 Å². The number of aliphatic hydroxyl groups excluding tert-OH is 2. The molecule has 0 spiro atoms. The summed E-state index contributed by atoms with van der Waals surface area (Å²) in [6.45, 7) is 3.94. The first-order valence-corrected chi connectivity index (χ1v) is 9.67. The van der Waals surface area contributed by atoms with E-state index in [1.807, 2.05) is 44.2 Å². The van der Waals surface area contributed by atoms with Crippen molar-refractivity contribution in [3.8, 4) is 0 Å². The number of halogens is 1. The lowest BCUT2D eigenvalue weighted by Gasteiger charge is -2.17. The van der Waals surface area contributed by atoms with Crippen molar-refractivity contribution in [1.82, 2.24) is 19.5 Å². The second kappa shape index (κ2) is 8.21. The van der Waals surface area contributed by atoms with Gasteiger partial charge in [-0.3, -0.25) is 4.57 Å². The van der Waals surface area contributed by atoms with E-state index in [2.05, 4.69) is 20.3 Å². The first-order valence-electron chi connectivity index (χ1n) is 9.29. The smallest absolute Gasteiger partial charge is 0.226 e. The summed E-state index contributed by atoms with van der Waals surface area (Å²) < 4.78 is 12.9. The van der Waals surface area contributed by atoms with E-state index < -0.39 is 24.5 Å². The molecule has 0 radical (unpaired) electrons. The number of benzene rings is 1. The van der Waals surface area contributed by atoms with E-state index in [1.54, 1.807) is 4.57 Å². The Morgan fingerprint density at radius 2 is 1.97 bits per heavy atom. The highest BCUT2D eigenvalue weighted by molar-refractivity contribution is 6.28. The standard InChI is InChI=1S/C19H22ClN5O4/c1-10(2)28-8-12-14(26)15(27)18(29-12)25-9-21-13-16(23-19(20)24-17(13)25)22-11-6-4-3-5-7-11/h3-7,9-10,12,14-15,18,26-27H,8H2,1-2H3,(H,22,23,24)/t12-,14-,15-,18-/m1/s1. The highest BCUT2D eigenvalue weighted by Gasteiger charge is 2.44. The van der Waals surface area contributed by atoms with Crippen molar-refractivity contribution in [1.29, 1.82) is 0 Å². The maximum atomic E-state index is 10.5. The number of nitrogens with zero attached hydrogens (tertiary/aromatic N) is 4. The predicted molar refractivity (Wildman–Crippen MR) is 107 cm³/mol. The van der Waals surface area contributed by atoms with Crippen LogP contribution in [-0.4, -0.2) is 60.8 Å². The Morgan fingerprint density at radius 3 is 2.69 bits per heavy atom. The van der Waals surface area contributed by atoms with E-state index in [-0.39, 0.29) is 18.0 Å². The van der Waals surface area contributed by atoms with Crippen LogP contribution in [-0.2, 0) is 9.47 Å². The molecule has 1 saturated heterocycles. The Labute approximate surface area is 172 Å². The van der Waals surface area contributed by atoms with Gasteiger partial charge in [0.05, 0.1) is 19.0 Å². The SMILES string of the molecule is CC(C)OC[C@H]1O[C@@H](n2cnc3c(Nc4ccccc4)nc(Cl)nc32)[C@H](O)[C@@H]1O. The molecule has 29 heavy (non-hydrogen) atoms. The normalized spacial score (nSPS) is 24.5. The second-order valence-electron chi connectivity index (χ2n) is 7.08. The van der Waals surface area contributed by atoms with Crippen LogP contribution in [0.5, 0.6) is 0 Å². The fourth-order valence-electron chi connectivity index (χ4n) is 3.21. The molecule has 10 heteroatoms. The molecular formula is C19H22ClN5O4. The van der Waals surface area contributed by atoms with E-state index in [0.717, 1.165) is 5.69 Å². The van der Waals surface area contributed by atoms with Crippen LogP contribution in [0.15, 0.2) is 36.7 Å². The molecular weight excluding hydrogens is 398 g/mol. The van der Waals surface area contributed by atoms with Crippen LogP contribution in [0.1, 0.15) is 20.1 Å². The molecule has 9 nitrogen and oxygen atoms in total. The quantitative estimate of drug-likeness (QED) is 0.521. The zero-order valence-corrected chi connectivity index (χ0v) is 16.7. The van der Waals surface area contributed by atoms with Crippen LogP contribution in [0.2, 0.25) is 5.28 Å². The average molecular weight is 420 g/mol. The number of rotatable bonds is 6. The van der Waals surface area contributed by atoms with Crippen LogP contribution >= 0.6 is 11.6 Å². The first kappa shape index (κ1) is 20.0. The first-order chi connectivity index (χ1) is 13.9. The van der Waals surface area contributed by atoms with Gasteiger partial charge in [0.1, 0.15) is 18.3 Å². The minimum absolute atomic E-state index is 0.0189. The number of para-hydroxylation sites is 1. The Balaban J connectivity index is 1.65. The van der Waals surface area contributed by atoms with Crippen molar-refractivity contribution in [2.45, 2.75) is 44.5 Å². The fourth-order valence-corrected chi connectivity index (χ4v) is 3.37. The lowest BCUT2D eigenvalue weighted by Crippen LogP contribution is -2.34. The lowest BCUT2D eigenvalue weighted by atomic mass is 10.1. The number of ether oxygens (including phenoxy) is 2. The van der Waals surface area contributed by atoms with Gasteiger partial charge in [-0.05, 0) is 37.6 Å². The van der Waals surface area contributed by atoms with Crippen LogP contribution in [0.4, 0.5) is 11.5 Å². The molecule has 3 N–H and O–H groups in total. The molecule has 2 aromatic heterocycles. The summed E-state index contributed by atoms with van der Waals surface area (Å²) in [6.07, 6.45) is -2.37. The molecule has 1 aromatic carbocycles. The third-order valence-corrected chi connectivity index (χ3v) is 4.80. The minimum atomic E-state index is -1.17. The highest BCUT2D eigenvalue weighted by Crippen LogP contribution is 2.33. The molecule has 1 aliphatic rings. The lowest BCUT2D eigenvalue weighted by molar-refractivity contribution is -0.0754. The van der Waals surface area contributed by atoms with Gasteiger partial charge >= 0.3 is 0 Å². The van der Waals surface area contributed by atoms with Gasteiger partial charge in [0.2, 0.25) is 5.28 Å². The predicted octanol–water partition coefficient (Wildman–Crippen LogP) is 2.27. The highest BCUT2D eigenvalue weighted by atomic mass is 35.5. The number of aliphatic hydroxyl groups is 2. The summed E-state index contributed by atoms with van der Waals surface area (Å²) >= 11 is 6.13. The molecule has 154 valence electrons. The molecule has 1 fully saturated rings. The van der Waals surface area contributed by atoms with Crippen molar-refractivity contribution < 1.29 is 19.7 Å². The van der Waals surface area contributed by atoms with Crippen molar-refractivity contribution in [2.24, 2.45) is 0 Å². The summed E-state index contributed by atoms with van der Waals surface area (Å²) in [5.41, 5.74) is 1.66. The number of hydrogen-bond acceptors (Lipinski definition) is 8. The molecule has 1 aliphatic heterocycles. The molecule has 0 unspecified atom stereocenters. The maximum Gasteiger partial charge on any atom is 0.226 e. The van der Waals surface area contributed by atoms with E-state index >= 15 is 0 Å². The number of aromatic nitrogens is 4. The van der Waals surface area contributed by atoms with Crippen molar-refractivity contribution in [2.75, 3.05) is 11.9 Å². The molecule has 0 aliphatic carbocycles. The third-order valence-electron chi connectivity index (χ3n) is 4.64. The molecule has 3 heterocycles. The summed E-state index contributed by atoms with van der Waals surface area (Å²) in [5, 5.41) is 24.1. The second-order valence-corrected chi connectivity index (χ2v) is 7.42. The molecule has 3 aromatic rings. The Hall–Kier alpha value is -2.30. The molecule has 0 saturated carbocycles. The van der Waals surface area contributed by atoms with Crippen molar-refractivity contribution >= 4 is 34.3 Å². The molecule has 0 bridgehead atoms. The van der Waals surface area contributed by atoms with Gasteiger partial charge in [-0.25, -0.2) is 4.98 Å². The summed E-state index contributed by atoms with van der Waals surface area (Å²) in [7, 11) is 0. The Bertz CT molecular complexity index is 983. The van der Waals surface area contributed by atoms with Crippen LogP contribution in [0.25, 0.3) is 11.2 Å². The van der Waals surface area contributed by atoms with Gasteiger partial charge in [-0.1, -0.05) is 18.2 Å². The van der Waals surface area contributed by atoms with Crippen molar-refractivity contribution in [3.05, 3.63) is 41.9 Å². The summed E-state index contributed by atoms with van der Waals surface area (Å²) in [4.78, 5) is 12.9. The number of anilines is 2. The minimum Gasteiger partial charge on any atom is -0.387 e. The zero-order chi connectivity index (χ0) is 20.5. The van der Waals surface area contributed by atoms with Crippen LogP contribution < -0.4 is 5.32 Å². The molecule has 4 atom stereocenters. The Kier molecular flexibility index (Phi) is 5.66. The largest absolute Gasteiger partial charge is 0.387 e. The summed E-state index contributed by atoms with van der Waals surface area (Å²) in [6, 6.07) is 9.47. The van der Waals surface area contributed by atoms with Crippen LogP contribution in [0, 0.1) is 0 Å². The summed E-state index contributed by atoms with van der Waals surface area (Å²) in [5.74, 6) is 0.428. The maximum absolute atomic E-state index is 10.5. The Morgan fingerprint density at radius 1 is 1.21 bits per heavy atom. The van der Waals surface area contributed by atoms with Gasteiger partial charge in [0.15, 0.2) is 23.2 Å². The number of fused-ring (bicyclic) bond motifs is 1. The number of imidazole rings is 1. The van der Waals surface area contributed by atoms with E-state index in [0.29, 0.717) is 17.0 Å². The zero-order valence-electron chi connectivity index (χ0n) is 15.9. The fraction of sp³-hybridized carbons (Fsp3) is 0.421. The van der Waals surface area contributed by atoms with Gasteiger partial charge < -0.3 is 25.0 Å². The van der Waals surface area contributed by atoms with Gasteiger partial charge in [-0.15, -0.1) is 0 Å². The molecule has 0 amide bonds. The number of nitrogens with one attached hydrogen (secondary N) is 1. The third kappa shape index (κ3) is 4.05.